The van der Waals surface area contributed by atoms with E-state index in [4.69, 9.17) is 5.73 Å². The molecule has 0 aliphatic carbocycles. The molecule has 1 heterocycles. The van der Waals surface area contributed by atoms with Crippen LogP contribution in [0.4, 0.5) is 5.69 Å². The van der Waals surface area contributed by atoms with E-state index in [2.05, 4.69) is 5.32 Å². The Labute approximate surface area is 118 Å². The van der Waals surface area contributed by atoms with Gasteiger partial charge in [-0.05, 0) is 12.3 Å². The molecule has 0 radical (unpaired) electrons. The normalized spacial score (nSPS) is 12.4. The molecular weight excluding hydrogens is 260 g/mol. The maximum absolute atomic E-state index is 12.2. The Morgan fingerprint density at radius 1 is 1.55 bits per heavy atom. The monoisotopic (exact) mass is 282 g/mol. The van der Waals surface area contributed by atoms with Crippen molar-refractivity contribution in [3.63, 3.8) is 0 Å². The van der Waals surface area contributed by atoms with E-state index >= 15 is 0 Å². The average Bonchev–Trinajstić information content (AvgIpc) is 2.80. The molecule has 0 aliphatic rings. The molecule has 112 valence electrons. The second-order valence-corrected chi connectivity index (χ2v) is 5.09. The lowest BCUT2D eigenvalue weighted by Gasteiger charge is -2.20. The van der Waals surface area contributed by atoms with Gasteiger partial charge in [0.2, 0.25) is 0 Å². The molecule has 1 aromatic heterocycles. The highest BCUT2D eigenvalue weighted by atomic mass is 16.6. The van der Waals surface area contributed by atoms with Gasteiger partial charge in [-0.2, -0.15) is 0 Å². The van der Waals surface area contributed by atoms with Crippen molar-refractivity contribution >= 4 is 11.6 Å². The van der Waals surface area contributed by atoms with Gasteiger partial charge in [-0.15, -0.1) is 0 Å². The second kappa shape index (κ2) is 7.04. The maximum atomic E-state index is 12.2. The summed E-state index contributed by atoms with van der Waals surface area (Å²) in [5, 5.41) is 13.6. The summed E-state index contributed by atoms with van der Waals surface area (Å²) in [4.78, 5) is 22.6. The van der Waals surface area contributed by atoms with Gasteiger partial charge in [0.1, 0.15) is 5.69 Å². The quantitative estimate of drug-likeness (QED) is 0.584. The standard InChI is InChI=1S/C13H22N4O3/c1-4-5-16-8-10(17(19)20)6-12(16)13(18)15-11(7-14)9(2)3/h6,8-9,11H,4-5,7,14H2,1-3H3,(H,15,18). The fourth-order valence-electron chi connectivity index (χ4n) is 1.95. The van der Waals surface area contributed by atoms with Crippen LogP contribution in [0.3, 0.4) is 0 Å². The molecule has 0 fully saturated rings. The van der Waals surface area contributed by atoms with Gasteiger partial charge >= 0.3 is 0 Å². The van der Waals surface area contributed by atoms with E-state index < -0.39 is 4.92 Å². The van der Waals surface area contributed by atoms with Crippen molar-refractivity contribution in [2.45, 2.75) is 39.8 Å². The van der Waals surface area contributed by atoms with Gasteiger partial charge in [0.15, 0.2) is 0 Å². The summed E-state index contributed by atoms with van der Waals surface area (Å²) in [6.45, 7) is 6.77. The number of nitro groups is 1. The molecule has 20 heavy (non-hydrogen) atoms. The molecule has 0 saturated heterocycles. The number of aryl methyl sites for hydroxylation is 1. The third-order valence-corrected chi connectivity index (χ3v) is 3.17. The number of nitrogens with one attached hydrogen (secondary N) is 1. The molecular formula is C13H22N4O3. The largest absolute Gasteiger partial charge is 0.346 e. The van der Waals surface area contributed by atoms with Gasteiger partial charge in [-0.1, -0.05) is 20.8 Å². The third-order valence-electron chi connectivity index (χ3n) is 3.17. The number of carbonyl (C=O) groups is 1. The minimum Gasteiger partial charge on any atom is -0.346 e. The summed E-state index contributed by atoms with van der Waals surface area (Å²) < 4.78 is 1.61. The van der Waals surface area contributed by atoms with Gasteiger partial charge in [0, 0.05) is 25.2 Å². The first-order valence-corrected chi connectivity index (χ1v) is 6.76. The average molecular weight is 282 g/mol. The van der Waals surface area contributed by atoms with Crippen LogP contribution >= 0.6 is 0 Å². The Hall–Kier alpha value is -1.89. The SMILES string of the molecule is CCCn1cc([N+](=O)[O-])cc1C(=O)NC(CN)C(C)C. The Kier molecular flexibility index (Phi) is 5.69. The summed E-state index contributed by atoms with van der Waals surface area (Å²) in [6, 6.07) is 1.16. The highest BCUT2D eigenvalue weighted by molar-refractivity contribution is 5.93. The predicted molar refractivity (Wildman–Crippen MR) is 76.5 cm³/mol. The van der Waals surface area contributed by atoms with E-state index in [1.54, 1.807) is 4.57 Å². The number of rotatable bonds is 7. The topological polar surface area (TPSA) is 103 Å². The van der Waals surface area contributed by atoms with Crippen molar-refractivity contribution < 1.29 is 9.72 Å². The van der Waals surface area contributed by atoms with Crippen LogP contribution in [-0.4, -0.2) is 28.0 Å². The Morgan fingerprint density at radius 3 is 2.65 bits per heavy atom. The summed E-state index contributed by atoms with van der Waals surface area (Å²) in [5.41, 5.74) is 5.85. The van der Waals surface area contributed by atoms with Crippen LogP contribution in [-0.2, 0) is 6.54 Å². The van der Waals surface area contributed by atoms with Crippen LogP contribution in [0.1, 0.15) is 37.7 Å². The van der Waals surface area contributed by atoms with E-state index in [-0.39, 0.29) is 23.6 Å². The van der Waals surface area contributed by atoms with Crippen molar-refractivity contribution in [3.8, 4) is 0 Å². The molecule has 1 aromatic rings. The number of amides is 1. The highest BCUT2D eigenvalue weighted by Crippen LogP contribution is 2.17. The number of nitrogens with zero attached hydrogens (tertiary/aromatic N) is 2. The zero-order chi connectivity index (χ0) is 15.3. The van der Waals surface area contributed by atoms with Gasteiger partial charge in [-0.3, -0.25) is 14.9 Å². The van der Waals surface area contributed by atoms with Crippen molar-refractivity contribution in [1.29, 1.82) is 0 Å². The van der Waals surface area contributed by atoms with E-state index in [0.717, 1.165) is 6.42 Å². The number of hydrogen-bond acceptors (Lipinski definition) is 4. The Morgan fingerprint density at radius 2 is 2.20 bits per heavy atom. The van der Waals surface area contributed by atoms with E-state index in [1.807, 2.05) is 20.8 Å². The van der Waals surface area contributed by atoms with Gasteiger partial charge in [-0.25, -0.2) is 0 Å². The Bertz CT molecular complexity index is 482. The van der Waals surface area contributed by atoms with Crippen LogP contribution in [0.2, 0.25) is 0 Å². The van der Waals surface area contributed by atoms with E-state index in [9.17, 15) is 14.9 Å². The zero-order valence-corrected chi connectivity index (χ0v) is 12.1. The molecule has 1 atom stereocenters. The summed E-state index contributed by atoms with van der Waals surface area (Å²) >= 11 is 0. The van der Waals surface area contributed by atoms with E-state index in [0.29, 0.717) is 18.8 Å². The van der Waals surface area contributed by atoms with E-state index in [1.165, 1.54) is 12.3 Å². The first-order valence-electron chi connectivity index (χ1n) is 6.76. The first kappa shape index (κ1) is 16.2. The zero-order valence-electron chi connectivity index (χ0n) is 12.1. The lowest BCUT2D eigenvalue weighted by atomic mass is 10.0. The number of carbonyl (C=O) groups excluding carboxylic acids is 1. The van der Waals surface area contributed by atoms with Crippen molar-refractivity contribution in [1.82, 2.24) is 9.88 Å². The minimum absolute atomic E-state index is 0.0718. The first-order chi connectivity index (χ1) is 9.40. The third kappa shape index (κ3) is 3.80. The minimum atomic E-state index is -0.494. The van der Waals surface area contributed by atoms with Gasteiger partial charge in [0.05, 0.1) is 11.1 Å². The lowest BCUT2D eigenvalue weighted by molar-refractivity contribution is -0.384. The second-order valence-electron chi connectivity index (χ2n) is 5.09. The van der Waals surface area contributed by atoms with Crippen LogP contribution in [0.5, 0.6) is 0 Å². The van der Waals surface area contributed by atoms with Gasteiger partial charge < -0.3 is 15.6 Å². The molecule has 0 aromatic carbocycles. The molecule has 1 amide bonds. The lowest BCUT2D eigenvalue weighted by Crippen LogP contribution is -2.44. The number of aromatic nitrogens is 1. The van der Waals surface area contributed by atoms with Crippen LogP contribution in [0, 0.1) is 16.0 Å². The molecule has 3 N–H and O–H groups in total. The summed E-state index contributed by atoms with van der Waals surface area (Å²) in [6.07, 6.45) is 2.18. The van der Waals surface area contributed by atoms with Crippen LogP contribution < -0.4 is 11.1 Å². The van der Waals surface area contributed by atoms with Gasteiger partial charge in [0.25, 0.3) is 11.6 Å². The van der Waals surface area contributed by atoms with Crippen molar-refractivity contribution in [2.75, 3.05) is 6.54 Å². The molecule has 0 aliphatic heterocycles. The fourth-order valence-corrected chi connectivity index (χ4v) is 1.95. The molecule has 7 heteroatoms. The molecule has 0 spiro atoms. The highest BCUT2D eigenvalue weighted by Gasteiger charge is 2.22. The molecule has 1 unspecified atom stereocenters. The summed E-state index contributed by atoms with van der Waals surface area (Å²) in [5.74, 6) is -0.121. The number of hydrogen-bond donors (Lipinski definition) is 2. The summed E-state index contributed by atoms with van der Waals surface area (Å²) in [7, 11) is 0. The molecule has 0 saturated carbocycles. The smallest absolute Gasteiger partial charge is 0.287 e. The fraction of sp³-hybridized carbons (Fsp3) is 0.615. The Balaban J connectivity index is 2.98. The van der Waals surface area contributed by atoms with Crippen molar-refractivity contribution in [2.24, 2.45) is 11.7 Å². The maximum Gasteiger partial charge on any atom is 0.287 e. The molecule has 0 bridgehead atoms. The van der Waals surface area contributed by atoms with Crippen LogP contribution in [0.25, 0.3) is 0 Å². The van der Waals surface area contributed by atoms with Crippen LogP contribution in [0.15, 0.2) is 12.3 Å². The number of nitrogens with two attached hydrogens (primary N) is 1. The molecule has 7 nitrogen and oxygen atoms in total. The predicted octanol–water partition coefficient (Wildman–Crippen LogP) is 1.52. The van der Waals surface area contributed by atoms with Crippen molar-refractivity contribution in [3.05, 3.63) is 28.1 Å². The molecule has 1 rings (SSSR count).